The van der Waals surface area contributed by atoms with E-state index in [-0.39, 0.29) is 6.23 Å². The zero-order chi connectivity index (χ0) is 34.9. The number of para-hydroxylation sites is 2. The van der Waals surface area contributed by atoms with Gasteiger partial charge in [0, 0.05) is 27.6 Å². The molecule has 8 aromatic carbocycles. The second-order valence-corrected chi connectivity index (χ2v) is 14.1. The number of nitrogens with zero attached hydrogens (tertiary/aromatic N) is 1. The third-order valence-electron chi connectivity index (χ3n) is 11.3. The normalized spacial score (nSPS) is 15.1. The van der Waals surface area contributed by atoms with E-state index in [2.05, 4.69) is 204 Å². The molecule has 1 aliphatic heterocycles. The van der Waals surface area contributed by atoms with Crippen LogP contribution < -0.4 is 10.1 Å². The summed E-state index contributed by atoms with van der Waals surface area (Å²) in [4.78, 5) is 0. The molecule has 2 aliphatic rings. The topological polar surface area (TPSA) is 26.2 Å². The number of hydrogen-bond acceptors (Lipinski definition) is 2. The molecule has 9 aromatic rings. The molecular weight excluding hydrogens is 645 g/mol. The lowest BCUT2D eigenvalue weighted by Crippen LogP contribution is -2.29. The second kappa shape index (κ2) is 11.6. The first-order chi connectivity index (χ1) is 26.3. The molecule has 11 rings (SSSR count). The number of hydrogen-bond donors (Lipinski definition) is 1. The molecule has 3 nitrogen and oxygen atoms in total. The van der Waals surface area contributed by atoms with Crippen LogP contribution in [-0.2, 0) is 5.41 Å². The maximum atomic E-state index is 6.76. The minimum absolute atomic E-state index is 0.315. The number of fused-ring (bicyclic) bond motifs is 8. The van der Waals surface area contributed by atoms with Crippen molar-refractivity contribution in [2.75, 3.05) is 5.32 Å². The molecule has 1 aromatic heterocycles. The predicted molar refractivity (Wildman–Crippen MR) is 217 cm³/mol. The van der Waals surface area contributed by atoms with Crippen LogP contribution in [0.1, 0.15) is 34.0 Å². The summed E-state index contributed by atoms with van der Waals surface area (Å²) in [6.45, 7) is 0. The molecule has 1 aliphatic carbocycles. The van der Waals surface area contributed by atoms with Crippen molar-refractivity contribution in [1.29, 1.82) is 0 Å². The zero-order valence-corrected chi connectivity index (χ0v) is 28.9. The van der Waals surface area contributed by atoms with Crippen LogP contribution in [0.3, 0.4) is 0 Å². The highest BCUT2D eigenvalue weighted by atomic mass is 16.5. The molecule has 3 heteroatoms. The van der Waals surface area contributed by atoms with Crippen molar-refractivity contribution < 1.29 is 4.74 Å². The van der Waals surface area contributed by atoms with E-state index in [0.717, 1.165) is 17.0 Å². The van der Waals surface area contributed by atoms with E-state index in [1.807, 2.05) is 0 Å². The molecule has 1 unspecified atom stereocenters. The maximum absolute atomic E-state index is 6.76. The van der Waals surface area contributed by atoms with Gasteiger partial charge in [-0.1, -0.05) is 158 Å². The first-order valence-electron chi connectivity index (χ1n) is 18.3. The fourth-order valence-electron chi connectivity index (χ4n) is 9.06. The Labute approximate surface area is 308 Å². The second-order valence-electron chi connectivity index (χ2n) is 14.1. The molecule has 53 heavy (non-hydrogen) atoms. The third kappa shape index (κ3) is 4.34. The fourth-order valence-corrected chi connectivity index (χ4v) is 9.06. The highest BCUT2D eigenvalue weighted by Gasteiger charge is 2.49. The van der Waals surface area contributed by atoms with Gasteiger partial charge >= 0.3 is 0 Å². The first kappa shape index (κ1) is 29.8. The molecule has 2 heterocycles. The molecule has 1 atom stereocenters. The standard InChI is InChI=1S/C50H34N2O/c1-4-14-36(15-5-1)50(37-16-6-2-7-17-37)43-22-12-10-20-39(43)41-29-31-46-48(47(41)50)51-49(53-46)34-26-24-33(25-27-34)35-28-30-45-42(32-35)40-21-11-13-23-44(40)52(45)38-18-8-3-9-19-38/h1-32,49,51H. The lowest BCUT2D eigenvalue weighted by atomic mass is 9.67. The molecule has 250 valence electrons. The largest absolute Gasteiger partial charge is 0.464 e. The maximum Gasteiger partial charge on any atom is 0.196 e. The SMILES string of the molecule is c1ccc(-n2c3ccccc3c3cc(-c4ccc(C5Nc6c(ccc7c6C(c6ccccc6)(c6ccccc6)c6ccccc6-7)O5)cc4)ccc32)cc1. The smallest absolute Gasteiger partial charge is 0.196 e. The van der Waals surface area contributed by atoms with Crippen LogP contribution in [-0.4, -0.2) is 4.57 Å². The molecule has 1 N–H and O–H groups in total. The van der Waals surface area contributed by atoms with Gasteiger partial charge < -0.3 is 14.6 Å². The van der Waals surface area contributed by atoms with Crippen LogP contribution in [0, 0.1) is 0 Å². The lowest BCUT2D eigenvalue weighted by molar-refractivity contribution is 0.260. The summed E-state index contributed by atoms with van der Waals surface area (Å²) in [5, 5.41) is 6.38. The summed E-state index contributed by atoms with van der Waals surface area (Å²) < 4.78 is 9.12. The van der Waals surface area contributed by atoms with E-state index in [9.17, 15) is 0 Å². The van der Waals surface area contributed by atoms with Gasteiger partial charge in [0.2, 0.25) is 0 Å². The van der Waals surface area contributed by atoms with Crippen LogP contribution in [0.5, 0.6) is 5.75 Å². The molecule has 0 saturated carbocycles. The summed E-state index contributed by atoms with van der Waals surface area (Å²) in [7, 11) is 0. The molecular formula is C50H34N2O. The Bertz CT molecular complexity index is 2780. The predicted octanol–water partition coefficient (Wildman–Crippen LogP) is 12.3. The van der Waals surface area contributed by atoms with Gasteiger partial charge in [0.05, 0.1) is 22.1 Å². The van der Waals surface area contributed by atoms with Crippen molar-refractivity contribution in [2.24, 2.45) is 0 Å². The van der Waals surface area contributed by atoms with Gasteiger partial charge in [0.25, 0.3) is 0 Å². The van der Waals surface area contributed by atoms with Crippen molar-refractivity contribution in [1.82, 2.24) is 4.57 Å². The molecule has 0 amide bonds. The van der Waals surface area contributed by atoms with Gasteiger partial charge in [-0.15, -0.1) is 0 Å². The van der Waals surface area contributed by atoms with Crippen LogP contribution in [0.15, 0.2) is 194 Å². The van der Waals surface area contributed by atoms with E-state index in [4.69, 9.17) is 4.74 Å². The van der Waals surface area contributed by atoms with Crippen LogP contribution in [0.25, 0.3) is 49.7 Å². The summed E-state index contributed by atoms with van der Waals surface area (Å²) >= 11 is 0. The quantitative estimate of drug-likeness (QED) is 0.196. The monoisotopic (exact) mass is 678 g/mol. The van der Waals surface area contributed by atoms with Crippen molar-refractivity contribution >= 4 is 27.5 Å². The van der Waals surface area contributed by atoms with E-state index in [1.54, 1.807) is 0 Å². The number of ether oxygens (including phenoxy) is 1. The highest BCUT2D eigenvalue weighted by Crippen LogP contribution is 2.61. The highest BCUT2D eigenvalue weighted by molar-refractivity contribution is 6.10. The lowest BCUT2D eigenvalue weighted by Gasteiger charge is -2.34. The van der Waals surface area contributed by atoms with Crippen molar-refractivity contribution in [3.63, 3.8) is 0 Å². The number of aromatic nitrogens is 1. The van der Waals surface area contributed by atoms with Crippen LogP contribution in [0.2, 0.25) is 0 Å². The minimum atomic E-state index is -0.503. The van der Waals surface area contributed by atoms with Crippen LogP contribution in [0.4, 0.5) is 5.69 Å². The van der Waals surface area contributed by atoms with Crippen molar-refractivity contribution in [3.8, 4) is 33.7 Å². The van der Waals surface area contributed by atoms with E-state index in [0.29, 0.717) is 0 Å². The summed E-state index contributed by atoms with van der Waals surface area (Å²) in [5.74, 6) is 0.877. The van der Waals surface area contributed by atoms with Gasteiger partial charge in [-0.25, -0.2) is 0 Å². The Balaban J connectivity index is 0.986. The first-order valence-corrected chi connectivity index (χ1v) is 18.3. The molecule has 0 radical (unpaired) electrons. The minimum Gasteiger partial charge on any atom is -0.464 e. The van der Waals surface area contributed by atoms with E-state index >= 15 is 0 Å². The number of rotatable bonds is 5. The zero-order valence-electron chi connectivity index (χ0n) is 28.9. The van der Waals surface area contributed by atoms with Gasteiger partial charge in [-0.3, -0.25) is 0 Å². The van der Waals surface area contributed by atoms with Gasteiger partial charge in [0.1, 0.15) is 5.75 Å². The Kier molecular flexibility index (Phi) is 6.53. The van der Waals surface area contributed by atoms with Crippen molar-refractivity contribution in [2.45, 2.75) is 11.6 Å². The molecule has 0 spiro atoms. The Morgan fingerprint density at radius 3 is 1.87 bits per heavy atom. The fraction of sp³-hybridized carbons (Fsp3) is 0.0400. The number of benzene rings is 8. The molecule has 0 saturated heterocycles. The van der Waals surface area contributed by atoms with Gasteiger partial charge in [-0.05, 0) is 75.3 Å². The number of nitrogens with one attached hydrogen (secondary N) is 1. The molecule has 0 bridgehead atoms. The van der Waals surface area contributed by atoms with E-state index < -0.39 is 5.41 Å². The molecule has 0 fully saturated rings. The van der Waals surface area contributed by atoms with E-state index in [1.165, 1.54) is 72.0 Å². The van der Waals surface area contributed by atoms with Crippen molar-refractivity contribution in [3.05, 3.63) is 222 Å². The number of anilines is 1. The average Bonchev–Trinajstić information content (AvgIpc) is 3.91. The van der Waals surface area contributed by atoms with Crippen LogP contribution >= 0.6 is 0 Å². The van der Waals surface area contributed by atoms with Gasteiger partial charge in [-0.2, -0.15) is 0 Å². The summed E-state index contributed by atoms with van der Waals surface area (Å²) in [6, 6.07) is 70.1. The third-order valence-corrected chi connectivity index (χ3v) is 11.3. The Hall–Kier alpha value is -6.84. The average molecular weight is 679 g/mol. The summed E-state index contributed by atoms with van der Waals surface area (Å²) in [6.07, 6.45) is -0.315. The van der Waals surface area contributed by atoms with Gasteiger partial charge in [0.15, 0.2) is 6.23 Å². The summed E-state index contributed by atoms with van der Waals surface area (Å²) in [5.41, 5.74) is 15.1. The Morgan fingerprint density at radius 2 is 1.11 bits per heavy atom. The Morgan fingerprint density at radius 1 is 0.491 bits per heavy atom.